The smallest absolute Gasteiger partial charge is 0.119 e. The Labute approximate surface area is 129 Å². The highest BCUT2D eigenvalue weighted by molar-refractivity contribution is 5.35. The summed E-state index contributed by atoms with van der Waals surface area (Å²) >= 11 is 0. The van der Waals surface area contributed by atoms with Gasteiger partial charge in [0.25, 0.3) is 0 Å². The second kappa shape index (κ2) is 6.00. The van der Waals surface area contributed by atoms with Crippen LogP contribution in [0.1, 0.15) is 52.0 Å². The maximum atomic E-state index is 5.58. The lowest BCUT2D eigenvalue weighted by Gasteiger charge is -2.50. The summed E-state index contributed by atoms with van der Waals surface area (Å²) in [5.74, 6) is 2.69. The Morgan fingerprint density at radius 1 is 1.19 bits per heavy atom. The summed E-state index contributed by atoms with van der Waals surface area (Å²) in [4.78, 5) is 0. The van der Waals surface area contributed by atoms with E-state index in [4.69, 9.17) is 4.74 Å². The largest absolute Gasteiger partial charge is 0.494 e. The first kappa shape index (κ1) is 14.9. The van der Waals surface area contributed by atoms with Gasteiger partial charge in [-0.1, -0.05) is 26.0 Å². The highest BCUT2D eigenvalue weighted by Crippen LogP contribution is 2.50. The quantitative estimate of drug-likeness (QED) is 0.813. The minimum atomic E-state index is 0.363. The summed E-state index contributed by atoms with van der Waals surface area (Å²) in [6, 6.07) is 9.65. The fourth-order valence-electron chi connectivity index (χ4n) is 3.60. The van der Waals surface area contributed by atoms with Crippen molar-refractivity contribution in [3.05, 3.63) is 29.8 Å². The van der Waals surface area contributed by atoms with Crippen LogP contribution in [0.4, 0.5) is 0 Å². The molecule has 0 heterocycles. The Bertz CT molecular complexity index is 449. The molecule has 0 aromatic heterocycles. The molecule has 0 bridgehead atoms. The molecule has 0 unspecified atom stereocenters. The van der Waals surface area contributed by atoms with Crippen molar-refractivity contribution in [2.75, 3.05) is 13.2 Å². The van der Waals surface area contributed by atoms with Crippen LogP contribution >= 0.6 is 0 Å². The first-order valence-electron chi connectivity index (χ1n) is 8.60. The normalized spacial score (nSPS) is 28.5. The first-order chi connectivity index (χ1) is 10.1. The van der Waals surface area contributed by atoms with E-state index in [0.717, 1.165) is 36.8 Å². The summed E-state index contributed by atoms with van der Waals surface area (Å²) in [5, 5.41) is 3.77. The maximum absolute atomic E-state index is 5.58. The molecule has 1 aromatic rings. The van der Waals surface area contributed by atoms with Crippen molar-refractivity contribution in [3.63, 3.8) is 0 Å². The Kier molecular flexibility index (Phi) is 4.26. The lowest BCUT2D eigenvalue weighted by atomic mass is 9.56. The van der Waals surface area contributed by atoms with Crippen molar-refractivity contribution in [1.29, 1.82) is 0 Å². The SMILES string of the molecule is CCOc1ccc(C2(CNC3CC3)CC(C(C)C)C2)cc1. The van der Waals surface area contributed by atoms with E-state index in [9.17, 15) is 0 Å². The number of hydrogen-bond donors (Lipinski definition) is 1. The van der Waals surface area contributed by atoms with Gasteiger partial charge in [-0.3, -0.25) is 0 Å². The zero-order valence-electron chi connectivity index (χ0n) is 13.7. The molecule has 2 fully saturated rings. The maximum Gasteiger partial charge on any atom is 0.119 e. The third-order valence-electron chi connectivity index (χ3n) is 5.33. The molecule has 1 N–H and O–H groups in total. The van der Waals surface area contributed by atoms with Gasteiger partial charge in [-0.15, -0.1) is 0 Å². The van der Waals surface area contributed by atoms with Gasteiger partial charge in [0.15, 0.2) is 0 Å². The Morgan fingerprint density at radius 2 is 1.86 bits per heavy atom. The van der Waals surface area contributed by atoms with Crippen LogP contribution < -0.4 is 10.1 Å². The van der Waals surface area contributed by atoms with Gasteiger partial charge in [-0.05, 0) is 62.1 Å². The number of nitrogens with one attached hydrogen (secondary N) is 1. The Morgan fingerprint density at radius 3 is 2.38 bits per heavy atom. The number of rotatable bonds is 7. The molecule has 1 aromatic carbocycles. The summed E-state index contributed by atoms with van der Waals surface area (Å²) in [7, 11) is 0. The van der Waals surface area contributed by atoms with Crippen LogP contribution in [0.15, 0.2) is 24.3 Å². The van der Waals surface area contributed by atoms with Crippen molar-refractivity contribution >= 4 is 0 Å². The average molecular weight is 287 g/mol. The van der Waals surface area contributed by atoms with E-state index in [0.29, 0.717) is 5.41 Å². The second-order valence-electron chi connectivity index (χ2n) is 7.31. The van der Waals surface area contributed by atoms with Gasteiger partial charge in [0, 0.05) is 18.0 Å². The molecule has 2 aliphatic rings. The molecule has 0 saturated heterocycles. The molecule has 0 atom stereocenters. The highest BCUT2D eigenvalue weighted by atomic mass is 16.5. The van der Waals surface area contributed by atoms with Crippen molar-refractivity contribution in [3.8, 4) is 5.75 Å². The van der Waals surface area contributed by atoms with E-state index in [1.807, 2.05) is 6.92 Å². The molecule has 0 aliphatic heterocycles. The summed E-state index contributed by atoms with van der Waals surface area (Å²) in [6.45, 7) is 8.65. The monoisotopic (exact) mass is 287 g/mol. The molecule has 0 radical (unpaired) electrons. The molecule has 2 aliphatic carbocycles. The van der Waals surface area contributed by atoms with Crippen LogP contribution in [0.5, 0.6) is 5.75 Å². The van der Waals surface area contributed by atoms with E-state index < -0.39 is 0 Å². The van der Waals surface area contributed by atoms with Gasteiger partial charge < -0.3 is 10.1 Å². The molecule has 116 valence electrons. The molecule has 2 heteroatoms. The predicted octanol–water partition coefficient (Wildman–Crippen LogP) is 4.14. The second-order valence-corrected chi connectivity index (χ2v) is 7.31. The minimum Gasteiger partial charge on any atom is -0.494 e. The van der Waals surface area contributed by atoms with Crippen molar-refractivity contribution in [1.82, 2.24) is 5.32 Å². The third-order valence-corrected chi connectivity index (χ3v) is 5.33. The summed E-state index contributed by atoms with van der Waals surface area (Å²) < 4.78 is 5.58. The van der Waals surface area contributed by atoms with E-state index in [1.54, 1.807) is 0 Å². The topological polar surface area (TPSA) is 21.3 Å². The fourth-order valence-corrected chi connectivity index (χ4v) is 3.60. The van der Waals surface area contributed by atoms with Crippen molar-refractivity contribution in [2.45, 2.75) is 57.9 Å². The van der Waals surface area contributed by atoms with Crippen molar-refractivity contribution < 1.29 is 4.74 Å². The molecule has 3 rings (SSSR count). The van der Waals surface area contributed by atoms with Crippen LogP contribution in [-0.2, 0) is 5.41 Å². The molecule has 2 saturated carbocycles. The van der Waals surface area contributed by atoms with Gasteiger partial charge in [0.2, 0.25) is 0 Å². The first-order valence-corrected chi connectivity index (χ1v) is 8.60. The van der Waals surface area contributed by atoms with E-state index >= 15 is 0 Å². The highest BCUT2D eigenvalue weighted by Gasteiger charge is 2.46. The lowest BCUT2D eigenvalue weighted by Crippen LogP contribution is -2.50. The number of hydrogen-bond acceptors (Lipinski definition) is 2. The Balaban J connectivity index is 1.71. The van der Waals surface area contributed by atoms with E-state index in [2.05, 4.69) is 43.4 Å². The minimum absolute atomic E-state index is 0.363. The Hall–Kier alpha value is -1.02. The van der Waals surface area contributed by atoms with Gasteiger partial charge in [0.1, 0.15) is 5.75 Å². The van der Waals surface area contributed by atoms with Gasteiger partial charge >= 0.3 is 0 Å². The summed E-state index contributed by atoms with van der Waals surface area (Å²) in [5.41, 5.74) is 1.86. The molecule has 0 spiro atoms. The molecular weight excluding hydrogens is 258 g/mol. The predicted molar refractivity (Wildman–Crippen MR) is 87.9 cm³/mol. The van der Waals surface area contributed by atoms with Gasteiger partial charge in [-0.2, -0.15) is 0 Å². The van der Waals surface area contributed by atoms with Gasteiger partial charge in [-0.25, -0.2) is 0 Å². The molecular formula is C19H29NO. The van der Waals surface area contributed by atoms with E-state index in [-0.39, 0.29) is 0 Å². The van der Waals surface area contributed by atoms with Crippen LogP contribution in [0, 0.1) is 11.8 Å². The fraction of sp³-hybridized carbons (Fsp3) is 0.684. The van der Waals surface area contributed by atoms with Crippen LogP contribution in [0.2, 0.25) is 0 Å². The molecule has 21 heavy (non-hydrogen) atoms. The third kappa shape index (κ3) is 3.26. The molecule has 0 amide bonds. The number of ether oxygens (including phenoxy) is 1. The zero-order valence-corrected chi connectivity index (χ0v) is 13.7. The average Bonchev–Trinajstić information content (AvgIpc) is 3.23. The van der Waals surface area contributed by atoms with E-state index in [1.165, 1.54) is 31.2 Å². The van der Waals surface area contributed by atoms with Crippen LogP contribution in [-0.4, -0.2) is 19.2 Å². The standard InChI is InChI=1S/C19H29NO/c1-4-21-18-9-5-16(6-10-18)19(13-20-17-7-8-17)11-15(12-19)14(2)3/h5-6,9-10,14-15,17,20H,4,7-8,11-13H2,1-3H3. The zero-order chi connectivity index (χ0) is 14.9. The van der Waals surface area contributed by atoms with Gasteiger partial charge in [0.05, 0.1) is 6.61 Å². The summed E-state index contributed by atoms with van der Waals surface area (Å²) in [6.07, 6.45) is 5.40. The number of benzene rings is 1. The van der Waals surface area contributed by atoms with Crippen LogP contribution in [0.3, 0.4) is 0 Å². The lowest BCUT2D eigenvalue weighted by molar-refractivity contribution is 0.0973. The van der Waals surface area contributed by atoms with Crippen molar-refractivity contribution in [2.24, 2.45) is 11.8 Å². The molecule has 2 nitrogen and oxygen atoms in total. The van der Waals surface area contributed by atoms with Crippen LogP contribution in [0.25, 0.3) is 0 Å².